The van der Waals surface area contributed by atoms with Crippen LogP contribution in [0.1, 0.15) is 33.1 Å². The van der Waals surface area contributed by atoms with E-state index in [9.17, 15) is 0 Å². The fraction of sp³-hybridized carbons (Fsp3) is 0.800. The summed E-state index contributed by atoms with van der Waals surface area (Å²) < 4.78 is 0. The first-order valence-electron chi connectivity index (χ1n) is 4.69. The Bertz CT molecular complexity index is 123. The average Bonchev–Trinajstić information content (AvgIpc) is 1.82. The van der Waals surface area contributed by atoms with Gasteiger partial charge in [-0.05, 0) is 18.8 Å². The van der Waals surface area contributed by atoms with Crippen molar-refractivity contribution in [2.24, 2.45) is 5.92 Å². The number of hydrogen-bond donors (Lipinski definition) is 1. The van der Waals surface area contributed by atoms with Crippen LogP contribution in [-0.4, -0.2) is 12.6 Å². The van der Waals surface area contributed by atoms with E-state index in [2.05, 4.69) is 31.3 Å². The Kier molecular flexibility index (Phi) is 3.64. The van der Waals surface area contributed by atoms with E-state index in [1.165, 1.54) is 19.3 Å². The molecule has 0 unspecified atom stereocenters. The molecule has 11 heavy (non-hydrogen) atoms. The first-order chi connectivity index (χ1) is 5.29. The molecule has 1 N–H and O–H groups in total. The topological polar surface area (TPSA) is 12.0 Å². The van der Waals surface area contributed by atoms with Gasteiger partial charge < -0.3 is 5.32 Å². The van der Waals surface area contributed by atoms with Crippen LogP contribution in [0.15, 0.2) is 12.2 Å². The Balaban J connectivity index is 1.96. The third kappa shape index (κ3) is 3.57. The summed E-state index contributed by atoms with van der Waals surface area (Å²) >= 11 is 0. The van der Waals surface area contributed by atoms with Crippen molar-refractivity contribution in [3.63, 3.8) is 0 Å². The quantitative estimate of drug-likeness (QED) is 0.611. The second-order valence-electron chi connectivity index (χ2n) is 3.68. The van der Waals surface area contributed by atoms with Crippen LogP contribution in [0.3, 0.4) is 0 Å². The van der Waals surface area contributed by atoms with Gasteiger partial charge in [0, 0.05) is 12.6 Å². The minimum Gasteiger partial charge on any atom is -0.311 e. The fourth-order valence-electron chi connectivity index (χ4n) is 1.20. The minimum atomic E-state index is 0.612. The highest BCUT2D eigenvalue weighted by molar-refractivity contribution is 4.93. The molecular formula is C10H19N. The lowest BCUT2D eigenvalue weighted by Crippen LogP contribution is -2.22. The highest BCUT2D eigenvalue weighted by atomic mass is 14.9. The molecule has 0 atom stereocenters. The van der Waals surface area contributed by atoms with Crippen LogP contribution in [0.2, 0.25) is 0 Å². The SMILES string of the molecule is CC(C)NC/C=C/C1CCC1. The van der Waals surface area contributed by atoms with Crippen molar-refractivity contribution in [2.75, 3.05) is 6.54 Å². The summed E-state index contributed by atoms with van der Waals surface area (Å²) in [5.41, 5.74) is 0. The van der Waals surface area contributed by atoms with Gasteiger partial charge in [-0.2, -0.15) is 0 Å². The van der Waals surface area contributed by atoms with Gasteiger partial charge >= 0.3 is 0 Å². The van der Waals surface area contributed by atoms with Crippen molar-refractivity contribution in [1.82, 2.24) is 5.32 Å². The van der Waals surface area contributed by atoms with Crippen LogP contribution < -0.4 is 5.32 Å². The average molecular weight is 153 g/mol. The van der Waals surface area contributed by atoms with Crippen LogP contribution >= 0.6 is 0 Å². The number of hydrogen-bond acceptors (Lipinski definition) is 1. The molecule has 0 spiro atoms. The summed E-state index contributed by atoms with van der Waals surface area (Å²) in [7, 11) is 0. The maximum absolute atomic E-state index is 3.36. The molecule has 1 fully saturated rings. The van der Waals surface area contributed by atoms with E-state index in [4.69, 9.17) is 0 Å². The minimum absolute atomic E-state index is 0.612. The molecule has 0 aromatic rings. The molecule has 0 radical (unpaired) electrons. The molecule has 1 aliphatic carbocycles. The van der Waals surface area contributed by atoms with E-state index in [1.807, 2.05) is 0 Å². The Morgan fingerprint density at radius 1 is 1.45 bits per heavy atom. The Morgan fingerprint density at radius 3 is 2.64 bits per heavy atom. The zero-order valence-corrected chi connectivity index (χ0v) is 7.64. The van der Waals surface area contributed by atoms with Gasteiger partial charge in [-0.3, -0.25) is 0 Å². The molecule has 0 aromatic heterocycles. The van der Waals surface area contributed by atoms with Crippen molar-refractivity contribution < 1.29 is 0 Å². The predicted octanol–water partition coefficient (Wildman–Crippen LogP) is 2.34. The van der Waals surface area contributed by atoms with Gasteiger partial charge in [0.05, 0.1) is 0 Å². The summed E-state index contributed by atoms with van der Waals surface area (Å²) in [4.78, 5) is 0. The largest absolute Gasteiger partial charge is 0.311 e. The second kappa shape index (κ2) is 4.55. The predicted molar refractivity (Wildman–Crippen MR) is 49.6 cm³/mol. The zero-order valence-electron chi connectivity index (χ0n) is 7.64. The van der Waals surface area contributed by atoms with Crippen LogP contribution in [0.4, 0.5) is 0 Å². The van der Waals surface area contributed by atoms with Crippen LogP contribution in [0.5, 0.6) is 0 Å². The maximum Gasteiger partial charge on any atom is 0.0137 e. The van der Waals surface area contributed by atoms with Gasteiger partial charge in [0.2, 0.25) is 0 Å². The van der Waals surface area contributed by atoms with Crippen molar-refractivity contribution in [3.05, 3.63) is 12.2 Å². The van der Waals surface area contributed by atoms with Gasteiger partial charge in [0.25, 0.3) is 0 Å². The Hall–Kier alpha value is -0.300. The molecule has 0 amide bonds. The number of nitrogens with one attached hydrogen (secondary N) is 1. The molecule has 1 heteroatoms. The lowest BCUT2D eigenvalue weighted by molar-refractivity contribution is 0.387. The maximum atomic E-state index is 3.36. The van der Waals surface area contributed by atoms with Gasteiger partial charge in [-0.1, -0.05) is 32.4 Å². The normalized spacial score (nSPS) is 19.5. The molecule has 1 saturated carbocycles. The van der Waals surface area contributed by atoms with Gasteiger partial charge in [-0.25, -0.2) is 0 Å². The van der Waals surface area contributed by atoms with E-state index >= 15 is 0 Å². The van der Waals surface area contributed by atoms with Gasteiger partial charge in [0.1, 0.15) is 0 Å². The molecule has 1 aliphatic rings. The molecule has 1 rings (SSSR count). The van der Waals surface area contributed by atoms with E-state index in [1.54, 1.807) is 0 Å². The standard InChI is InChI=1S/C10H19N/c1-9(2)11-8-4-7-10-5-3-6-10/h4,7,9-11H,3,5-6,8H2,1-2H3/b7-4+. The molecule has 0 heterocycles. The summed E-state index contributed by atoms with van der Waals surface area (Å²) in [6.07, 6.45) is 8.89. The van der Waals surface area contributed by atoms with Crippen LogP contribution in [0, 0.1) is 5.92 Å². The van der Waals surface area contributed by atoms with Crippen molar-refractivity contribution in [3.8, 4) is 0 Å². The molecule has 64 valence electrons. The number of rotatable bonds is 4. The van der Waals surface area contributed by atoms with Crippen LogP contribution in [-0.2, 0) is 0 Å². The summed E-state index contributed by atoms with van der Waals surface area (Å²) in [5.74, 6) is 0.906. The molecule has 0 bridgehead atoms. The zero-order chi connectivity index (χ0) is 8.10. The summed E-state index contributed by atoms with van der Waals surface area (Å²) in [6.45, 7) is 5.39. The lowest BCUT2D eigenvalue weighted by Gasteiger charge is -2.21. The van der Waals surface area contributed by atoms with Crippen molar-refractivity contribution >= 4 is 0 Å². The molecule has 0 aromatic carbocycles. The molecule has 0 saturated heterocycles. The Morgan fingerprint density at radius 2 is 2.18 bits per heavy atom. The third-order valence-corrected chi connectivity index (χ3v) is 2.20. The third-order valence-electron chi connectivity index (χ3n) is 2.20. The summed E-state index contributed by atoms with van der Waals surface area (Å²) in [6, 6.07) is 0.612. The van der Waals surface area contributed by atoms with Crippen molar-refractivity contribution in [1.29, 1.82) is 0 Å². The monoisotopic (exact) mass is 153 g/mol. The van der Waals surface area contributed by atoms with E-state index in [0.29, 0.717) is 6.04 Å². The highest BCUT2D eigenvalue weighted by Crippen LogP contribution is 2.26. The molecule has 0 aliphatic heterocycles. The van der Waals surface area contributed by atoms with E-state index in [-0.39, 0.29) is 0 Å². The highest BCUT2D eigenvalue weighted by Gasteiger charge is 2.12. The number of allylic oxidation sites excluding steroid dienone is 1. The van der Waals surface area contributed by atoms with E-state index in [0.717, 1.165) is 12.5 Å². The summed E-state index contributed by atoms with van der Waals surface area (Å²) in [5, 5.41) is 3.36. The van der Waals surface area contributed by atoms with Gasteiger partial charge in [0.15, 0.2) is 0 Å². The fourth-order valence-corrected chi connectivity index (χ4v) is 1.20. The Labute approximate surface area is 69.9 Å². The molecule has 1 nitrogen and oxygen atoms in total. The van der Waals surface area contributed by atoms with E-state index < -0.39 is 0 Å². The van der Waals surface area contributed by atoms with Gasteiger partial charge in [-0.15, -0.1) is 0 Å². The van der Waals surface area contributed by atoms with Crippen LogP contribution in [0.25, 0.3) is 0 Å². The smallest absolute Gasteiger partial charge is 0.0137 e. The first-order valence-corrected chi connectivity index (χ1v) is 4.69. The molecular weight excluding hydrogens is 134 g/mol. The van der Waals surface area contributed by atoms with Crippen molar-refractivity contribution in [2.45, 2.75) is 39.2 Å². The lowest BCUT2D eigenvalue weighted by atomic mass is 9.85. The first kappa shape index (κ1) is 8.79. The second-order valence-corrected chi connectivity index (χ2v) is 3.68.